The normalized spacial score (nSPS) is 14.9. The lowest BCUT2D eigenvalue weighted by molar-refractivity contribution is 0.795. The van der Waals surface area contributed by atoms with E-state index in [4.69, 9.17) is 0 Å². The first kappa shape index (κ1) is 14.3. The predicted octanol–water partition coefficient (Wildman–Crippen LogP) is 4.98. The molecule has 0 radical (unpaired) electrons. The molecule has 1 aliphatic carbocycles. The minimum Gasteiger partial charge on any atom is -0.0956 e. The smallest absolute Gasteiger partial charge is 0.0177 e. The van der Waals surface area contributed by atoms with E-state index >= 15 is 0 Å². The number of rotatable bonds is 3. The molecule has 0 N–H and O–H groups in total. The maximum absolute atomic E-state index is 3.99. The Bertz CT molecular complexity index is 482. The molecular formula is C18H22. The van der Waals surface area contributed by atoms with E-state index in [2.05, 4.69) is 57.9 Å². The molecule has 0 bridgehead atoms. The van der Waals surface area contributed by atoms with Crippen molar-refractivity contribution in [1.82, 2.24) is 0 Å². The van der Waals surface area contributed by atoms with E-state index in [9.17, 15) is 0 Å². The van der Waals surface area contributed by atoms with Crippen molar-refractivity contribution < 1.29 is 0 Å². The number of hydrogen-bond acceptors (Lipinski definition) is 0. The highest BCUT2D eigenvalue weighted by Crippen LogP contribution is 2.16. The topological polar surface area (TPSA) is 0 Å². The highest BCUT2D eigenvalue weighted by atomic mass is 14.0. The van der Waals surface area contributed by atoms with E-state index in [0.29, 0.717) is 5.92 Å². The maximum Gasteiger partial charge on any atom is 0.0177 e. The standard InChI is InChI=1S/C18H22/c1-14(2)17(5)10-6-15(3)7-11-18-12-8-16(4)9-13-18/h6,8,10,12,14H,3,5,9,13H2,1-2,4H3/b10-6-. The van der Waals surface area contributed by atoms with Gasteiger partial charge in [0.25, 0.3) is 0 Å². The fourth-order valence-corrected chi connectivity index (χ4v) is 1.45. The van der Waals surface area contributed by atoms with Gasteiger partial charge < -0.3 is 0 Å². The minimum absolute atomic E-state index is 0.469. The third-order valence-corrected chi connectivity index (χ3v) is 2.98. The molecule has 0 saturated heterocycles. The second-order valence-electron chi connectivity index (χ2n) is 5.04. The molecule has 1 aliphatic rings. The van der Waals surface area contributed by atoms with Crippen LogP contribution in [0, 0.1) is 17.8 Å². The average Bonchev–Trinajstić information content (AvgIpc) is 2.35. The molecule has 0 heterocycles. The first-order chi connectivity index (χ1) is 8.49. The Morgan fingerprint density at radius 2 is 1.94 bits per heavy atom. The SMILES string of the molecule is C=C(C#CC1=CC=C(C)CC1)/C=C\C(=C)C(C)C. The largest absolute Gasteiger partial charge is 0.0956 e. The Hall–Kier alpha value is -1.74. The zero-order chi connectivity index (χ0) is 13.5. The summed E-state index contributed by atoms with van der Waals surface area (Å²) in [6, 6.07) is 0. The van der Waals surface area contributed by atoms with E-state index in [1.54, 1.807) is 0 Å². The molecule has 0 saturated carbocycles. The molecule has 18 heavy (non-hydrogen) atoms. The van der Waals surface area contributed by atoms with E-state index in [1.165, 1.54) is 11.1 Å². The van der Waals surface area contributed by atoms with Crippen molar-refractivity contribution in [3.8, 4) is 11.8 Å². The number of allylic oxidation sites excluding steroid dienone is 8. The summed E-state index contributed by atoms with van der Waals surface area (Å²) in [7, 11) is 0. The molecule has 0 atom stereocenters. The first-order valence-electron chi connectivity index (χ1n) is 6.43. The van der Waals surface area contributed by atoms with Crippen LogP contribution in [0.25, 0.3) is 0 Å². The van der Waals surface area contributed by atoms with Gasteiger partial charge in [0, 0.05) is 11.1 Å². The van der Waals surface area contributed by atoms with Crippen LogP contribution in [0.2, 0.25) is 0 Å². The van der Waals surface area contributed by atoms with Gasteiger partial charge in [-0.05, 0) is 31.8 Å². The molecule has 0 unspecified atom stereocenters. The van der Waals surface area contributed by atoms with Crippen LogP contribution in [0.15, 0.2) is 59.8 Å². The Morgan fingerprint density at radius 3 is 2.50 bits per heavy atom. The fraction of sp³-hybridized carbons (Fsp3) is 0.333. The quantitative estimate of drug-likeness (QED) is 0.480. The van der Waals surface area contributed by atoms with Crippen molar-refractivity contribution in [3.63, 3.8) is 0 Å². The molecule has 94 valence electrons. The van der Waals surface area contributed by atoms with Gasteiger partial charge in [0.05, 0.1) is 0 Å². The zero-order valence-electron chi connectivity index (χ0n) is 11.7. The Labute approximate surface area is 111 Å². The van der Waals surface area contributed by atoms with Gasteiger partial charge in [0.15, 0.2) is 0 Å². The molecule has 0 aliphatic heterocycles. The lowest BCUT2D eigenvalue weighted by atomic mass is 9.99. The Kier molecular flexibility index (Phi) is 5.46. The van der Waals surface area contributed by atoms with Gasteiger partial charge in [-0.3, -0.25) is 0 Å². The zero-order valence-corrected chi connectivity index (χ0v) is 11.7. The van der Waals surface area contributed by atoms with Crippen LogP contribution in [0.3, 0.4) is 0 Å². The summed E-state index contributed by atoms with van der Waals surface area (Å²) in [5.74, 6) is 6.74. The van der Waals surface area contributed by atoms with Crippen LogP contribution in [0.5, 0.6) is 0 Å². The van der Waals surface area contributed by atoms with E-state index in [-0.39, 0.29) is 0 Å². The highest BCUT2D eigenvalue weighted by Gasteiger charge is 1.99. The third-order valence-electron chi connectivity index (χ3n) is 2.98. The van der Waals surface area contributed by atoms with Gasteiger partial charge in [-0.15, -0.1) is 0 Å². The molecule has 0 nitrogen and oxygen atoms in total. The lowest BCUT2D eigenvalue weighted by Crippen LogP contribution is -1.88. The van der Waals surface area contributed by atoms with Crippen molar-refractivity contribution in [3.05, 3.63) is 59.8 Å². The fourth-order valence-electron chi connectivity index (χ4n) is 1.45. The van der Waals surface area contributed by atoms with Crippen LogP contribution in [0.4, 0.5) is 0 Å². The third kappa shape index (κ3) is 5.06. The monoisotopic (exact) mass is 238 g/mol. The van der Waals surface area contributed by atoms with Gasteiger partial charge in [0.2, 0.25) is 0 Å². The number of hydrogen-bond donors (Lipinski definition) is 0. The molecule has 0 amide bonds. The summed E-state index contributed by atoms with van der Waals surface area (Å²) in [6.45, 7) is 14.3. The molecule has 1 rings (SSSR count). The van der Waals surface area contributed by atoms with Crippen LogP contribution in [0.1, 0.15) is 33.6 Å². The average molecular weight is 238 g/mol. The Balaban J connectivity index is 2.59. The molecule has 0 heteroatoms. The highest BCUT2D eigenvalue weighted by molar-refractivity contribution is 5.45. The van der Waals surface area contributed by atoms with Gasteiger partial charge in [-0.25, -0.2) is 0 Å². The van der Waals surface area contributed by atoms with Crippen LogP contribution < -0.4 is 0 Å². The summed E-state index contributed by atoms with van der Waals surface area (Å²) in [5.41, 5.74) is 4.56. The van der Waals surface area contributed by atoms with Crippen molar-refractivity contribution in [2.45, 2.75) is 33.6 Å². The lowest BCUT2D eigenvalue weighted by Gasteiger charge is -2.05. The van der Waals surface area contributed by atoms with Crippen molar-refractivity contribution >= 4 is 0 Å². The first-order valence-corrected chi connectivity index (χ1v) is 6.43. The van der Waals surface area contributed by atoms with E-state index in [1.807, 2.05) is 12.2 Å². The predicted molar refractivity (Wildman–Crippen MR) is 81.1 cm³/mol. The molecule has 0 aromatic carbocycles. The van der Waals surface area contributed by atoms with Gasteiger partial charge in [-0.1, -0.05) is 68.2 Å². The van der Waals surface area contributed by atoms with Crippen LogP contribution in [-0.2, 0) is 0 Å². The summed E-state index contributed by atoms with van der Waals surface area (Å²) < 4.78 is 0. The summed E-state index contributed by atoms with van der Waals surface area (Å²) in [6.07, 6.45) is 10.4. The van der Waals surface area contributed by atoms with Crippen LogP contribution >= 0.6 is 0 Å². The van der Waals surface area contributed by atoms with Crippen molar-refractivity contribution in [1.29, 1.82) is 0 Å². The summed E-state index contributed by atoms with van der Waals surface area (Å²) >= 11 is 0. The van der Waals surface area contributed by atoms with Gasteiger partial charge in [0.1, 0.15) is 0 Å². The maximum atomic E-state index is 3.99. The molecule has 0 aromatic heterocycles. The van der Waals surface area contributed by atoms with Crippen molar-refractivity contribution in [2.75, 3.05) is 0 Å². The van der Waals surface area contributed by atoms with Gasteiger partial charge >= 0.3 is 0 Å². The molecule has 0 fully saturated rings. The molecule has 0 spiro atoms. The van der Waals surface area contributed by atoms with Crippen LogP contribution in [-0.4, -0.2) is 0 Å². The molecule has 0 aromatic rings. The van der Waals surface area contributed by atoms with E-state index in [0.717, 1.165) is 24.0 Å². The second kappa shape index (κ2) is 6.87. The summed E-state index contributed by atoms with van der Waals surface area (Å²) in [4.78, 5) is 0. The van der Waals surface area contributed by atoms with Gasteiger partial charge in [-0.2, -0.15) is 0 Å². The van der Waals surface area contributed by atoms with Crippen molar-refractivity contribution in [2.24, 2.45) is 5.92 Å². The second-order valence-corrected chi connectivity index (χ2v) is 5.04. The Morgan fingerprint density at radius 1 is 1.22 bits per heavy atom. The molecular weight excluding hydrogens is 216 g/mol. The van der Waals surface area contributed by atoms with E-state index < -0.39 is 0 Å². The summed E-state index contributed by atoms with van der Waals surface area (Å²) in [5, 5.41) is 0. The minimum atomic E-state index is 0.469.